The molecular weight excluding hydrogens is 204 g/mol. The molecule has 0 saturated carbocycles. The molecular formula is C12H16N2O2. The molecule has 4 nitrogen and oxygen atoms in total. The Hall–Kier alpha value is -1.45. The van der Waals surface area contributed by atoms with Crippen molar-refractivity contribution in [3.05, 3.63) is 22.8 Å². The standard InChI is InChI=1S/C12H16N2O2/c1-8-13-10-5-2-4-9(10)11(14-8)6-3-7-12(15)16/h2-7H2,1H3,(H,15,16). The molecule has 0 aromatic carbocycles. The maximum atomic E-state index is 10.5. The Morgan fingerprint density at radius 2 is 2.19 bits per heavy atom. The molecule has 0 spiro atoms. The van der Waals surface area contributed by atoms with Gasteiger partial charge in [-0.25, -0.2) is 9.97 Å². The normalized spacial score (nSPS) is 13.8. The van der Waals surface area contributed by atoms with Gasteiger partial charge < -0.3 is 5.11 Å². The third-order valence-corrected chi connectivity index (χ3v) is 2.93. The smallest absolute Gasteiger partial charge is 0.303 e. The van der Waals surface area contributed by atoms with Crippen LogP contribution in [0.2, 0.25) is 0 Å². The van der Waals surface area contributed by atoms with Crippen LogP contribution in [0.3, 0.4) is 0 Å². The highest BCUT2D eigenvalue weighted by atomic mass is 16.4. The zero-order valence-corrected chi connectivity index (χ0v) is 9.49. The number of carboxylic acids is 1. The largest absolute Gasteiger partial charge is 0.481 e. The van der Waals surface area contributed by atoms with E-state index in [-0.39, 0.29) is 6.42 Å². The van der Waals surface area contributed by atoms with Gasteiger partial charge in [0.25, 0.3) is 0 Å². The second-order valence-corrected chi connectivity index (χ2v) is 4.24. The maximum Gasteiger partial charge on any atom is 0.303 e. The number of carbonyl (C=O) groups is 1. The van der Waals surface area contributed by atoms with E-state index in [1.54, 1.807) is 0 Å². The van der Waals surface area contributed by atoms with Gasteiger partial charge in [0.2, 0.25) is 0 Å². The Kier molecular flexibility index (Phi) is 3.17. The summed E-state index contributed by atoms with van der Waals surface area (Å²) in [5.74, 6) is 0.0772. The van der Waals surface area contributed by atoms with Gasteiger partial charge in [-0.15, -0.1) is 0 Å². The first-order valence-corrected chi connectivity index (χ1v) is 5.74. The number of hydrogen-bond donors (Lipinski definition) is 1. The van der Waals surface area contributed by atoms with E-state index in [1.807, 2.05) is 6.92 Å². The number of hydrogen-bond acceptors (Lipinski definition) is 3. The summed E-state index contributed by atoms with van der Waals surface area (Å²) in [5.41, 5.74) is 3.52. The fourth-order valence-corrected chi connectivity index (χ4v) is 2.26. The summed E-state index contributed by atoms with van der Waals surface area (Å²) in [7, 11) is 0. The van der Waals surface area contributed by atoms with Crippen molar-refractivity contribution in [1.29, 1.82) is 0 Å². The molecule has 1 heterocycles. The van der Waals surface area contributed by atoms with E-state index in [1.165, 1.54) is 11.3 Å². The second kappa shape index (κ2) is 4.60. The van der Waals surface area contributed by atoms with Crippen LogP contribution in [0.4, 0.5) is 0 Å². The van der Waals surface area contributed by atoms with E-state index in [4.69, 9.17) is 5.11 Å². The van der Waals surface area contributed by atoms with Crippen LogP contribution in [0.25, 0.3) is 0 Å². The number of rotatable bonds is 4. The van der Waals surface area contributed by atoms with E-state index in [0.717, 1.165) is 37.2 Å². The molecule has 0 atom stereocenters. The zero-order valence-electron chi connectivity index (χ0n) is 9.49. The molecule has 0 bridgehead atoms. The van der Waals surface area contributed by atoms with E-state index in [2.05, 4.69) is 9.97 Å². The number of aliphatic carboxylic acids is 1. The van der Waals surface area contributed by atoms with Gasteiger partial charge >= 0.3 is 5.97 Å². The van der Waals surface area contributed by atoms with Gasteiger partial charge in [-0.3, -0.25) is 4.79 Å². The minimum atomic E-state index is -0.734. The van der Waals surface area contributed by atoms with Crippen molar-refractivity contribution in [1.82, 2.24) is 9.97 Å². The number of aromatic nitrogens is 2. The highest BCUT2D eigenvalue weighted by Crippen LogP contribution is 2.23. The molecule has 2 rings (SSSR count). The highest BCUT2D eigenvalue weighted by Gasteiger charge is 2.17. The molecule has 0 radical (unpaired) electrons. The summed E-state index contributed by atoms with van der Waals surface area (Å²) >= 11 is 0. The summed E-state index contributed by atoms with van der Waals surface area (Å²) in [4.78, 5) is 19.3. The molecule has 1 aliphatic rings. The molecule has 0 amide bonds. The van der Waals surface area contributed by atoms with Crippen LogP contribution in [0.15, 0.2) is 0 Å². The SMILES string of the molecule is Cc1nc(CCCC(=O)O)c2c(n1)CCC2. The fourth-order valence-electron chi connectivity index (χ4n) is 2.26. The van der Waals surface area contributed by atoms with E-state index in [9.17, 15) is 4.79 Å². The fraction of sp³-hybridized carbons (Fsp3) is 0.583. The quantitative estimate of drug-likeness (QED) is 0.838. The molecule has 0 fully saturated rings. The van der Waals surface area contributed by atoms with Crippen LogP contribution in [-0.2, 0) is 24.1 Å². The van der Waals surface area contributed by atoms with Gasteiger partial charge in [0.15, 0.2) is 0 Å². The molecule has 86 valence electrons. The third kappa shape index (κ3) is 2.38. The molecule has 1 N–H and O–H groups in total. The molecule has 4 heteroatoms. The number of nitrogens with zero attached hydrogens (tertiary/aromatic N) is 2. The van der Waals surface area contributed by atoms with Crippen molar-refractivity contribution < 1.29 is 9.90 Å². The lowest BCUT2D eigenvalue weighted by molar-refractivity contribution is -0.137. The summed E-state index contributed by atoms with van der Waals surface area (Å²) in [5, 5.41) is 8.61. The molecule has 1 aromatic heterocycles. The Balaban J connectivity index is 2.11. The van der Waals surface area contributed by atoms with Crippen molar-refractivity contribution in [2.24, 2.45) is 0 Å². The average Bonchev–Trinajstić information content (AvgIpc) is 2.64. The predicted molar refractivity (Wildman–Crippen MR) is 59.4 cm³/mol. The van der Waals surface area contributed by atoms with E-state index in [0.29, 0.717) is 6.42 Å². The first-order chi connectivity index (χ1) is 7.66. The Bertz CT molecular complexity index is 416. The molecule has 0 saturated heterocycles. The van der Waals surface area contributed by atoms with Crippen LogP contribution >= 0.6 is 0 Å². The van der Waals surface area contributed by atoms with Crippen molar-refractivity contribution in [2.45, 2.75) is 45.4 Å². The van der Waals surface area contributed by atoms with Gasteiger partial charge in [0.1, 0.15) is 5.82 Å². The average molecular weight is 220 g/mol. The van der Waals surface area contributed by atoms with E-state index < -0.39 is 5.97 Å². The number of carboxylic acid groups (broad SMARTS) is 1. The third-order valence-electron chi connectivity index (χ3n) is 2.93. The van der Waals surface area contributed by atoms with Crippen LogP contribution in [-0.4, -0.2) is 21.0 Å². The lowest BCUT2D eigenvalue weighted by atomic mass is 10.1. The lowest BCUT2D eigenvalue weighted by Gasteiger charge is -2.07. The van der Waals surface area contributed by atoms with Crippen molar-refractivity contribution in [3.8, 4) is 0 Å². The van der Waals surface area contributed by atoms with Gasteiger partial charge in [0, 0.05) is 17.8 Å². The first-order valence-electron chi connectivity index (χ1n) is 5.74. The number of aryl methyl sites for hydroxylation is 3. The van der Waals surface area contributed by atoms with Gasteiger partial charge in [-0.1, -0.05) is 0 Å². The highest BCUT2D eigenvalue weighted by molar-refractivity contribution is 5.66. The van der Waals surface area contributed by atoms with Crippen LogP contribution in [0.5, 0.6) is 0 Å². The molecule has 1 aromatic rings. The minimum absolute atomic E-state index is 0.220. The van der Waals surface area contributed by atoms with Gasteiger partial charge in [-0.05, 0) is 44.6 Å². The van der Waals surface area contributed by atoms with Crippen LogP contribution < -0.4 is 0 Å². The van der Waals surface area contributed by atoms with Gasteiger partial charge in [-0.2, -0.15) is 0 Å². The lowest BCUT2D eigenvalue weighted by Crippen LogP contribution is -2.04. The summed E-state index contributed by atoms with van der Waals surface area (Å²) in [6.45, 7) is 1.90. The Morgan fingerprint density at radius 1 is 1.38 bits per heavy atom. The minimum Gasteiger partial charge on any atom is -0.481 e. The van der Waals surface area contributed by atoms with Gasteiger partial charge in [0.05, 0.1) is 0 Å². The van der Waals surface area contributed by atoms with Crippen molar-refractivity contribution in [3.63, 3.8) is 0 Å². The summed E-state index contributed by atoms with van der Waals surface area (Å²) in [6.07, 6.45) is 4.90. The predicted octanol–water partition coefficient (Wildman–Crippen LogP) is 1.68. The summed E-state index contributed by atoms with van der Waals surface area (Å²) < 4.78 is 0. The first kappa shape index (κ1) is 11.0. The molecule has 16 heavy (non-hydrogen) atoms. The molecule has 0 aliphatic heterocycles. The topological polar surface area (TPSA) is 63.1 Å². The van der Waals surface area contributed by atoms with E-state index >= 15 is 0 Å². The van der Waals surface area contributed by atoms with Crippen LogP contribution in [0.1, 0.15) is 42.0 Å². The maximum absolute atomic E-state index is 10.5. The number of fused-ring (bicyclic) bond motifs is 1. The monoisotopic (exact) mass is 220 g/mol. The van der Waals surface area contributed by atoms with Crippen LogP contribution in [0, 0.1) is 6.92 Å². The van der Waals surface area contributed by atoms with Crippen molar-refractivity contribution in [2.75, 3.05) is 0 Å². The zero-order chi connectivity index (χ0) is 11.5. The second-order valence-electron chi connectivity index (χ2n) is 4.24. The Labute approximate surface area is 94.7 Å². The molecule has 1 aliphatic carbocycles. The summed E-state index contributed by atoms with van der Waals surface area (Å²) in [6, 6.07) is 0. The Morgan fingerprint density at radius 3 is 2.94 bits per heavy atom. The van der Waals surface area contributed by atoms with Crippen molar-refractivity contribution >= 4 is 5.97 Å². The molecule has 0 unspecified atom stereocenters.